The van der Waals surface area contributed by atoms with Crippen molar-refractivity contribution in [1.82, 2.24) is 0 Å². The fraction of sp³-hybridized carbons (Fsp3) is 0.217. The van der Waals surface area contributed by atoms with Gasteiger partial charge < -0.3 is 4.90 Å². The van der Waals surface area contributed by atoms with E-state index >= 15 is 0 Å². The number of anilines is 1. The van der Waals surface area contributed by atoms with E-state index in [1.54, 1.807) is 0 Å². The van der Waals surface area contributed by atoms with Gasteiger partial charge in [0.1, 0.15) is 0 Å². The largest absolute Gasteiger partial charge is 0.367 e. The fourth-order valence-electron chi connectivity index (χ4n) is 3.91. The van der Waals surface area contributed by atoms with Gasteiger partial charge in [0, 0.05) is 23.7 Å². The molecule has 0 saturated carbocycles. The lowest BCUT2D eigenvalue weighted by molar-refractivity contribution is -0.481. The molecule has 0 N–H and O–H groups in total. The number of benzene rings is 3. The first-order valence-corrected chi connectivity index (χ1v) is 9.29. The standard InChI is InChI=1S/C23H22N2O2/c26-25(27)17-22(19-9-5-2-6-10-19)20-11-12-23-21(15-20)13-14-24(23)16-18-7-3-1-4-8-18/h1-12,15,22H,13-14,16-17H2. The lowest BCUT2D eigenvalue weighted by Gasteiger charge is -2.20. The molecular formula is C23H22N2O2. The van der Waals surface area contributed by atoms with E-state index in [1.807, 2.05) is 36.4 Å². The van der Waals surface area contributed by atoms with Crippen LogP contribution in [0.4, 0.5) is 5.69 Å². The van der Waals surface area contributed by atoms with Crippen molar-refractivity contribution in [2.24, 2.45) is 0 Å². The van der Waals surface area contributed by atoms with Crippen molar-refractivity contribution < 1.29 is 4.92 Å². The average molecular weight is 358 g/mol. The third-order valence-electron chi connectivity index (χ3n) is 5.25. The van der Waals surface area contributed by atoms with Crippen molar-refractivity contribution in [1.29, 1.82) is 0 Å². The average Bonchev–Trinajstić information content (AvgIpc) is 3.09. The maximum atomic E-state index is 11.2. The SMILES string of the molecule is O=[N+]([O-])CC(c1ccccc1)c1ccc2c(c1)CCN2Cc1ccccc1. The molecule has 1 atom stereocenters. The molecule has 1 aliphatic heterocycles. The van der Waals surface area contributed by atoms with Crippen LogP contribution in [0.3, 0.4) is 0 Å². The molecule has 0 spiro atoms. The predicted octanol–water partition coefficient (Wildman–Crippen LogP) is 4.66. The molecule has 27 heavy (non-hydrogen) atoms. The van der Waals surface area contributed by atoms with Crippen molar-refractivity contribution in [2.75, 3.05) is 18.0 Å². The predicted molar refractivity (Wildman–Crippen MR) is 108 cm³/mol. The van der Waals surface area contributed by atoms with Crippen LogP contribution < -0.4 is 4.90 Å². The molecule has 0 amide bonds. The van der Waals surface area contributed by atoms with Crippen LogP contribution in [0, 0.1) is 10.1 Å². The minimum absolute atomic E-state index is 0.0868. The lowest BCUT2D eigenvalue weighted by Crippen LogP contribution is -2.19. The number of nitro groups is 1. The molecule has 136 valence electrons. The Morgan fingerprint density at radius 2 is 1.63 bits per heavy atom. The van der Waals surface area contributed by atoms with Crippen LogP contribution in [-0.4, -0.2) is 18.0 Å². The molecule has 4 nitrogen and oxygen atoms in total. The van der Waals surface area contributed by atoms with Gasteiger partial charge in [-0.25, -0.2) is 0 Å². The minimum atomic E-state index is -0.216. The molecule has 0 saturated heterocycles. The van der Waals surface area contributed by atoms with E-state index in [2.05, 4.69) is 47.4 Å². The first-order valence-electron chi connectivity index (χ1n) is 9.29. The van der Waals surface area contributed by atoms with Gasteiger partial charge in [-0.05, 0) is 34.7 Å². The summed E-state index contributed by atoms with van der Waals surface area (Å²) in [6.45, 7) is 1.79. The second-order valence-corrected chi connectivity index (χ2v) is 7.02. The van der Waals surface area contributed by atoms with Gasteiger partial charge in [0.25, 0.3) is 0 Å². The molecule has 0 radical (unpaired) electrons. The summed E-state index contributed by atoms with van der Waals surface area (Å²) in [6.07, 6.45) is 0.982. The van der Waals surface area contributed by atoms with E-state index in [4.69, 9.17) is 0 Å². The summed E-state index contributed by atoms with van der Waals surface area (Å²) in [5, 5.41) is 11.2. The smallest absolute Gasteiger partial charge is 0.214 e. The molecule has 1 unspecified atom stereocenters. The zero-order valence-corrected chi connectivity index (χ0v) is 15.1. The second-order valence-electron chi connectivity index (χ2n) is 7.02. The van der Waals surface area contributed by atoms with Gasteiger partial charge in [0.05, 0.1) is 5.92 Å². The van der Waals surface area contributed by atoms with Gasteiger partial charge in [0.15, 0.2) is 0 Å². The Morgan fingerprint density at radius 1 is 0.926 bits per heavy atom. The first kappa shape index (κ1) is 17.3. The Kier molecular flexibility index (Phi) is 4.88. The highest BCUT2D eigenvalue weighted by Gasteiger charge is 2.24. The molecule has 0 fully saturated rings. The summed E-state index contributed by atoms with van der Waals surface area (Å²) in [4.78, 5) is 13.4. The minimum Gasteiger partial charge on any atom is -0.367 e. The fourth-order valence-corrected chi connectivity index (χ4v) is 3.91. The van der Waals surface area contributed by atoms with Gasteiger partial charge in [-0.3, -0.25) is 10.1 Å². The third-order valence-corrected chi connectivity index (χ3v) is 5.25. The van der Waals surface area contributed by atoms with Crippen molar-refractivity contribution in [2.45, 2.75) is 18.9 Å². The van der Waals surface area contributed by atoms with Crippen LogP contribution >= 0.6 is 0 Å². The molecular weight excluding hydrogens is 336 g/mol. The molecule has 0 aromatic heterocycles. The van der Waals surface area contributed by atoms with Gasteiger partial charge >= 0.3 is 0 Å². The van der Waals surface area contributed by atoms with Crippen molar-refractivity contribution >= 4 is 5.69 Å². The highest BCUT2D eigenvalue weighted by molar-refractivity contribution is 5.60. The zero-order chi connectivity index (χ0) is 18.6. The molecule has 0 aliphatic carbocycles. The summed E-state index contributed by atoms with van der Waals surface area (Å²) in [5.41, 5.74) is 5.85. The lowest BCUT2D eigenvalue weighted by atomic mass is 9.90. The van der Waals surface area contributed by atoms with E-state index < -0.39 is 0 Å². The third kappa shape index (κ3) is 3.85. The Bertz CT molecular complexity index is 926. The summed E-state index contributed by atoms with van der Waals surface area (Å²) < 4.78 is 0. The van der Waals surface area contributed by atoms with Crippen LogP contribution in [0.1, 0.15) is 28.2 Å². The summed E-state index contributed by atoms with van der Waals surface area (Å²) in [7, 11) is 0. The van der Waals surface area contributed by atoms with E-state index in [0.29, 0.717) is 0 Å². The molecule has 4 heteroatoms. The van der Waals surface area contributed by atoms with Gasteiger partial charge in [-0.1, -0.05) is 72.8 Å². The maximum absolute atomic E-state index is 11.2. The van der Waals surface area contributed by atoms with Gasteiger partial charge in [-0.15, -0.1) is 0 Å². The van der Waals surface area contributed by atoms with Gasteiger partial charge in [-0.2, -0.15) is 0 Å². The summed E-state index contributed by atoms with van der Waals surface area (Å²) in [5.74, 6) is -0.213. The molecule has 3 aromatic rings. The number of hydrogen-bond donors (Lipinski definition) is 0. The molecule has 4 rings (SSSR count). The van der Waals surface area contributed by atoms with Crippen LogP contribution in [-0.2, 0) is 13.0 Å². The summed E-state index contributed by atoms with van der Waals surface area (Å²) >= 11 is 0. The number of fused-ring (bicyclic) bond motifs is 1. The van der Waals surface area contributed by atoms with Crippen LogP contribution in [0.15, 0.2) is 78.9 Å². The van der Waals surface area contributed by atoms with E-state index in [0.717, 1.165) is 30.6 Å². The number of hydrogen-bond acceptors (Lipinski definition) is 3. The number of rotatable bonds is 6. The first-order chi connectivity index (χ1) is 13.2. The van der Waals surface area contributed by atoms with Crippen molar-refractivity contribution in [3.05, 3.63) is 111 Å². The normalized spacial score (nSPS) is 14.0. The van der Waals surface area contributed by atoms with Gasteiger partial charge in [0.2, 0.25) is 6.54 Å². The summed E-state index contributed by atoms with van der Waals surface area (Å²) in [6, 6.07) is 26.6. The highest BCUT2D eigenvalue weighted by Crippen LogP contribution is 2.34. The Hall–Kier alpha value is -3.14. The zero-order valence-electron chi connectivity index (χ0n) is 15.1. The van der Waals surface area contributed by atoms with Crippen LogP contribution in [0.2, 0.25) is 0 Å². The van der Waals surface area contributed by atoms with E-state index in [-0.39, 0.29) is 17.4 Å². The molecule has 0 bridgehead atoms. The highest BCUT2D eigenvalue weighted by atomic mass is 16.6. The Labute approximate surface area is 159 Å². The van der Waals surface area contributed by atoms with E-state index in [9.17, 15) is 10.1 Å². The quantitative estimate of drug-likeness (QED) is 0.476. The maximum Gasteiger partial charge on any atom is 0.214 e. The number of nitrogens with zero attached hydrogens (tertiary/aromatic N) is 2. The van der Waals surface area contributed by atoms with Crippen LogP contribution in [0.5, 0.6) is 0 Å². The Morgan fingerprint density at radius 3 is 2.33 bits per heavy atom. The monoisotopic (exact) mass is 358 g/mol. The van der Waals surface area contributed by atoms with Crippen molar-refractivity contribution in [3.63, 3.8) is 0 Å². The van der Waals surface area contributed by atoms with Crippen molar-refractivity contribution in [3.8, 4) is 0 Å². The molecule has 1 aliphatic rings. The molecule has 1 heterocycles. The topological polar surface area (TPSA) is 46.4 Å². The Balaban J connectivity index is 1.61. The van der Waals surface area contributed by atoms with E-state index in [1.165, 1.54) is 16.8 Å². The van der Waals surface area contributed by atoms with Crippen LogP contribution in [0.25, 0.3) is 0 Å². The molecule has 3 aromatic carbocycles. The second kappa shape index (κ2) is 7.62.